The van der Waals surface area contributed by atoms with Crippen molar-refractivity contribution in [2.24, 2.45) is 0 Å². The first-order valence-electron chi connectivity index (χ1n) is 6.53. The fourth-order valence-electron chi connectivity index (χ4n) is 2.84. The van der Waals surface area contributed by atoms with Gasteiger partial charge >= 0.3 is 0 Å². The van der Waals surface area contributed by atoms with Crippen LogP contribution in [0.5, 0.6) is 0 Å². The van der Waals surface area contributed by atoms with Gasteiger partial charge in [0.1, 0.15) is 0 Å². The zero-order valence-corrected chi connectivity index (χ0v) is 11.2. The van der Waals surface area contributed by atoms with E-state index in [1.54, 1.807) is 0 Å². The summed E-state index contributed by atoms with van der Waals surface area (Å²) in [5, 5.41) is 3.46. The van der Waals surface area contributed by atoms with Gasteiger partial charge in [-0.25, -0.2) is 0 Å². The van der Waals surface area contributed by atoms with Crippen LogP contribution in [0.15, 0.2) is 72.5 Å². The highest BCUT2D eigenvalue weighted by molar-refractivity contribution is 5.91. The van der Waals surface area contributed by atoms with Gasteiger partial charge in [0.05, 0.1) is 5.70 Å². The van der Waals surface area contributed by atoms with Gasteiger partial charge in [0.2, 0.25) is 0 Å². The molecular formula is C18H17N. The van der Waals surface area contributed by atoms with E-state index in [1.165, 1.54) is 33.5 Å². The molecule has 94 valence electrons. The Morgan fingerprint density at radius 1 is 1.21 bits per heavy atom. The minimum absolute atomic E-state index is 0.940. The summed E-state index contributed by atoms with van der Waals surface area (Å²) in [6.07, 6.45) is 7.11. The standard InChI is InChI=1S/C18H17N/c1-4-8-15-13(5-2)11-17-16-10-7-6-9-14(16)12(3)19-18(15)17/h4-10,19H,2-3,11H2,1H3/b8-4-. The van der Waals surface area contributed by atoms with E-state index in [0.29, 0.717) is 0 Å². The Morgan fingerprint density at radius 2 is 1.95 bits per heavy atom. The molecule has 0 radical (unpaired) electrons. The molecule has 0 unspecified atom stereocenters. The van der Waals surface area contributed by atoms with Crippen LogP contribution in [0, 0.1) is 0 Å². The van der Waals surface area contributed by atoms with E-state index in [2.05, 4.69) is 54.9 Å². The topological polar surface area (TPSA) is 12.0 Å². The molecule has 0 spiro atoms. The highest BCUT2D eigenvalue weighted by Gasteiger charge is 2.28. The lowest BCUT2D eigenvalue weighted by molar-refractivity contribution is 1.10. The molecule has 0 atom stereocenters. The monoisotopic (exact) mass is 247 g/mol. The fourth-order valence-corrected chi connectivity index (χ4v) is 2.84. The molecule has 1 aromatic rings. The van der Waals surface area contributed by atoms with E-state index in [0.717, 1.165) is 12.1 Å². The molecule has 0 amide bonds. The quantitative estimate of drug-likeness (QED) is 0.815. The minimum atomic E-state index is 0.940. The molecule has 3 rings (SSSR count). The molecular weight excluding hydrogens is 230 g/mol. The Balaban J connectivity index is 2.20. The number of nitrogens with one attached hydrogen (secondary N) is 1. The highest BCUT2D eigenvalue weighted by atomic mass is 14.9. The molecule has 1 nitrogen and oxygen atoms in total. The van der Waals surface area contributed by atoms with Crippen LogP contribution in [0.3, 0.4) is 0 Å². The number of benzene rings is 1. The molecule has 2 aliphatic rings. The van der Waals surface area contributed by atoms with Crippen molar-refractivity contribution < 1.29 is 0 Å². The molecule has 0 saturated heterocycles. The molecule has 1 aliphatic carbocycles. The van der Waals surface area contributed by atoms with Gasteiger partial charge in [-0.3, -0.25) is 0 Å². The molecule has 1 aromatic carbocycles. The third-order valence-corrected chi connectivity index (χ3v) is 3.72. The summed E-state index contributed by atoms with van der Waals surface area (Å²) in [4.78, 5) is 0. The van der Waals surface area contributed by atoms with E-state index >= 15 is 0 Å². The van der Waals surface area contributed by atoms with E-state index in [9.17, 15) is 0 Å². The van der Waals surface area contributed by atoms with Crippen molar-refractivity contribution in [3.05, 3.63) is 83.6 Å². The Hall–Kier alpha value is -2.28. The van der Waals surface area contributed by atoms with Crippen molar-refractivity contribution in [1.82, 2.24) is 5.32 Å². The van der Waals surface area contributed by atoms with Crippen LogP contribution in [0.4, 0.5) is 0 Å². The summed E-state index contributed by atoms with van der Waals surface area (Å²) >= 11 is 0. The number of hydrogen-bond acceptors (Lipinski definition) is 1. The van der Waals surface area contributed by atoms with Gasteiger partial charge in [-0.05, 0) is 23.6 Å². The smallest absolute Gasteiger partial charge is 0.0502 e. The fraction of sp³-hybridized carbons (Fsp3) is 0.111. The van der Waals surface area contributed by atoms with Gasteiger partial charge in [-0.1, -0.05) is 55.7 Å². The third-order valence-electron chi connectivity index (χ3n) is 3.72. The molecule has 1 aliphatic heterocycles. The van der Waals surface area contributed by atoms with Crippen molar-refractivity contribution in [3.63, 3.8) is 0 Å². The summed E-state index contributed by atoms with van der Waals surface area (Å²) in [5.41, 5.74) is 8.53. The molecule has 0 bridgehead atoms. The van der Waals surface area contributed by atoms with Crippen LogP contribution in [-0.4, -0.2) is 0 Å². The molecule has 0 fully saturated rings. The van der Waals surface area contributed by atoms with Crippen LogP contribution in [0.2, 0.25) is 0 Å². The average Bonchev–Trinajstić information content (AvgIpc) is 2.78. The third kappa shape index (κ3) is 1.70. The number of hydrogen-bond donors (Lipinski definition) is 1. The molecule has 19 heavy (non-hydrogen) atoms. The minimum Gasteiger partial charge on any atom is -0.355 e. The first kappa shape index (κ1) is 11.8. The zero-order valence-electron chi connectivity index (χ0n) is 11.2. The lowest BCUT2D eigenvalue weighted by Gasteiger charge is -2.23. The van der Waals surface area contributed by atoms with Crippen molar-refractivity contribution in [1.29, 1.82) is 0 Å². The summed E-state index contributed by atoms with van der Waals surface area (Å²) in [5.74, 6) is 0. The maximum atomic E-state index is 4.14. The van der Waals surface area contributed by atoms with Crippen molar-refractivity contribution in [2.75, 3.05) is 0 Å². The van der Waals surface area contributed by atoms with Gasteiger partial charge in [0.25, 0.3) is 0 Å². The largest absolute Gasteiger partial charge is 0.355 e. The summed E-state index contributed by atoms with van der Waals surface area (Å²) < 4.78 is 0. The maximum absolute atomic E-state index is 4.14. The maximum Gasteiger partial charge on any atom is 0.0502 e. The molecule has 0 saturated carbocycles. The molecule has 0 aromatic heterocycles. The first-order chi connectivity index (χ1) is 9.26. The lowest BCUT2D eigenvalue weighted by atomic mass is 9.92. The van der Waals surface area contributed by atoms with Crippen LogP contribution >= 0.6 is 0 Å². The number of rotatable bonds is 2. The average molecular weight is 247 g/mol. The van der Waals surface area contributed by atoms with Crippen molar-refractivity contribution in [2.45, 2.75) is 13.3 Å². The SMILES string of the molecule is C=CC1=C(/C=C\C)C2=C(C1)c1ccccc1C(=C)N2. The van der Waals surface area contributed by atoms with Crippen LogP contribution < -0.4 is 5.32 Å². The lowest BCUT2D eigenvalue weighted by Crippen LogP contribution is -2.18. The van der Waals surface area contributed by atoms with E-state index in [-0.39, 0.29) is 0 Å². The van der Waals surface area contributed by atoms with Gasteiger partial charge < -0.3 is 5.32 Å². The summed E-state index contributed by atoms with van der Waals surface area (Å²) in [6.45, 7) is 10.1. The summed E-state index contributed by atoms with van der Waals surface area (Å²) in [7, 11) is 0. The second kappa shape index (κ2) is 4.43. The Bertz CT molecular complexity index is 669. The zero-order chi connectivity index (χ0) is 13.4. The van der Waals surface area contributed by atoms with Crippen LogP contribution in [0.25, 0.3) is 11.3 Å². The number of allylic oxidation sites excluding steroid dienone is 5. The predicted octanol–water partition coefficient (Wildman–Crippen LogP) is 4.43. The Kier molecular flexibility index (Phi) is 2.75. The van der Waals surface area contributed by atoms with Gasteiger partial charge in [-0.2, -0.15) is 0 Å². The Labute approximate surface area is 114 Å². The van der Waals surface area contributed by atoms with E-state index in [1.807, 2.05) is 13.0 Å². The normalized spacial score (nSPS) is 17.6. The van der Waals surface area contributed by atoms with E-state index in [4.69, 9.17) is 0 Å². The van der Waals surface area contributed by atoms with E-state index < -0.39 is 0 Å². The predicted molar refractivity (Wildman–Crippen MR) is 82.2 cm³/mol. The second-order valence-electron chi connectivity index (χ2n) is 4.82. The second-order valence-corrected chi connectivity index (χ2v) is 4.82. The molecule has 1 N–H and O–H groups in total. The Morgan fingerprint density at radius 3 is 2.63 bits per heavy atom. The molecule has 1 heterocycles. The summed E-state index contributed by atoms with van der Waals surface area (Å²) in [6, 6.07) is 8.44. The van der Waals surface area contributed by atoms with Crippen molar-refractivity contribution >= 4 is 11.3 Å². The molecule has 1 heteroatoms. The van der Waals surface area contributed by atoms with Gasteiger partial charge in [0, 0.05) is 23.3 Å². The van der Waals surface area contributed by atoms with Gasteiger partial charge in [-0.15, -0.1) is 0 Å². The number of fused-ring (bicyclic) bond motifs is 2. The highest BCUT2D eigenvalue weighted by Crippen LogP contribution is 2.43. The van der Waals surface area contributed by atoms with Crippen LogP contribution in [-0.2, 0) is 0 Å². The van der Waals surface area contributed by atoms with Crippen molar-refractivity contribution in [3.8, 4) is 0 Å². The van der Waals surface area contributed by atoms with Gasteiger partial charge in [0.15, 0.2) is 0 Å². The first-order valence-corrected chi connectivity index (χ1v) is 6.53. The van der Waals surface area contributed by atoms with Crippen LogP contribution in [0.1, 0.15) is 24.5 Å².